The normalized spacial score (nSPS) is 12.4. The second-order valence-electron chi connectivity index (χ2n) is 4.90. The molecule has 0 aliphatic carbocycles. The number of hydrogen-bond acceptors (Lipinski definition) is 1. The zero-order valence-electron chi connectivity index (χ0n) is 11.5. The van der Waals surface area contributed by atoms with Crippen molar-refractivity contribution in [1.82, 2.24) is 5.32 Å². The van der Waals surface area contributed by atoms with E-state index in [1.54, 1.807) is 6.92 Å². The number of halogens is 4. The summed E-state index contributed by atoms with van der Waals surface area (Å²) in [6, 6.07) is 7.30. The first kappa shape index (κ1) is 15.5. The van der Waals surface area contributed by atoms with Crippen molar-refractivity contribution in [3.05, 3.63) is 70.8 Å². The summed E-state index contributed by atoms with van der Waals surface area (Å²) < 4.78 is 53.6. The van der Waals surface area contributed by atoms with Crippen LogP contribution in [0.5, 0.6) is 0 Å². The number of nitrogens with one attached hydrogen (secondary N) is 1. The SMILES string of the molecule is CC(Cc1c(F)cccc1F)NCc1cccc(F)c1F. The second kappa shape index (κ2) is 6.72. The van der Waals surface area contributed by atoms with Crippen molar-refractivity contribution in [3.63, 3.8) is 0 Å². The number of rotatable bonds is 5. The Morgan fingerprint density at radius 3 is 2.14 bits per heavy atom. The molecule has 5 heteroatoms. The van der Waals surface area contributed by atoms with Gasteiger partial charge >= 0.3 is 0 Å². The van der Waals surface area contributed by atoms with Gasteiger partial charge in [0.05, 0.1) is 0 Å². The minimum Gasteiger partial charge on any atom is -0.310 e. The van der Waals surface area contributed by atoms with Crippen molar-refractivity contribution in [2.75, 3.05) is 0 Å². The highest BCUT2D eigenvalue weighted by atomic mass is 19.2. The third-order valence-corrected chi connectivity index (χ3v) is 3.24. The Kier molecular flexibility index (Phi) is 4.96. The van der Waals surface area contributed by atoms with Crippen molar-refractivity contribution in [2.45, 2.75) is 25.9 Å². The summed E-state index contributed by atoms with van der Waals surface area (Å²) in [4.78, 5) is 0. The van der Waals surface area contributed by atoms with Gasteiger partial charge in [0.2, 0.25) is 0 Å². The Morgan fingerprint density at radius 2 is 1.48 bits per heavy atom. The fourth-order valence-corrected chi connectivity index (χ4v) is 2.07. The lowest BCUT2D eigenvalue weighted by atomic mass is 10.1. The predicted molar refractivity (Wildman–Crippen MR) is 72.7 cm³/mol. The molecule has 0 fully saturated rings. The summed E-state index contributed by atoms with van der Waals surface area (Å²) in [5.41, 5.74) is 0.160. The minimum atomic E-state index is -0.915. The molecule has 21 heavy (non-hydrogen) atoms. The summed E-state index contributed by atoms with van der Waals surface area (Å²) in [7, 11) is 0. The van der Waals surface area contributed by atoms with Crippen LogP contribution >= 0.6 is 0 Å². The Bertz CT molecular complexity index is 607. The third kappa shape index (κ3) is 3.82. The first-order chi connectivity index (χ1) is 9.99. The van der Waals surface area contributed by atoms with E-state index in [0.29, 0.717) is 0 Å². The van der Waals surface area contributed by atoms with E-state index in [9.17, 15) is 17.6 Å². The fraction of sp³-hybridized carbons (Fsp3) is 0.250. The second-order valence-corrected chi connectivity index (χ2v) is 4.90. The first-order valence-corrected chi connectivity index (χ1v) is 6.58. The van der Waals surface area contributed by atoms with Crippen LogP contribution in [0.1, 0.15) is 18.1 Å². The lowest BCUT2D eigenvalue weighted by Gasteiger charge is -2.15. The summed E-state index contributed by atoms with van der Waals surface area (Å²) in [6.07, 6.45) is 0.120. The molecule has 0 aromatic heterocycles. The van der Waals surface area contributed by atoms with Crippen molar-refractivity contribution >= 4 is 0 Å². The van der Waals surface area contributed by atoms with Gasteiger partial charge in [-0.05, 0) is 31.5 Å². The van der Waals surface area contributed by atoms with Crippen molar-refractivity contribution in [3.8, 4) is 0 Å². The van der Waals surface area contributed by atoms with E-state index in [0.717, 1.165) is 6.07 Å². The summed E-state index contributed by atoms with van der Waals surface area (Å²) in [5, 5.41) is 2.93. The van der Waals surface area contributed by atoms with Gasteiger partial charge in [-0.1, -0.05) is 18.2 Å². The van der Waals surface area contributed by atoms with Gasteiger partial charge in [-0.15, -0.1) is 0 Å². The topological polar surface area (TPSA) is 12.0 Å². The quantitative estimate of drug-likeness (QED) is 0.824. The smallest absolute Gasteiger partial charge is 0.163 e. The highest BCUT2D eigenvalue weighted by Crippen LogP contribution is 2.15. The summed E-state index contributed by atoms with van der Waals surface area (Å²) >= 11 is 0. The van der Waals surface area contributed by atoms with Crippen molar-refractivity contribution in [1.29, 1.82) is 0 Å². The van der Waals surface area contributed by atoms with Crippen LogP contribution in [0.15, 0.2) is 36.4 Å². The average Bonchev–Trinajstić information content (AvgIpc) is 2.45. The molecule has 1 atom stereocenters. The van der Waals surface area contributed by atoms with Gasteiger partial charge in [0, 0.05) is 23.7 Å². The van der Waals surface area contributed by atoms with Crippen LogP contribution in [0.25, 0.3) is 0 Å². The molecule has 0 saturated heterocycles. The molecule has 1 N–H and O–H groups in total. The Balaban J connectivity index is 1.99. The molecule has 2 rings (SSSR count). The van der Waals surface area contributed by atoms with E-state index in [-0.39, 0.29) is 30.1 Å². The van der Waals surface area contributed by atoms with E-state index in [1.165, 1.54) is 30.3 Å². The monoisotopic (exact) mass is 297 g/mol. The molecule has 1 nitrogen and oxygen atoms in total. The van der Waals surface area contributed by atoms with Crippen LogP contribution in [0.3, 0.4) is 0 Å². The molecule has 0 radical (unpaired) electrons. The maximum atomic E-state index is 13.5. The standard InChI is InChI=1S/C16H15F4N/c1-10(8-12-13(17)5-3-6-14(12)18)21-9-11-4-2-7-15(19)16(11)20/h2-7,10,21H,8-9H2,1H3. The zero-order valence-corrected chi connectivity index (χ0v) is 11.5. The van der Waals surface area contributed by atoms with Gasteiger partial charge in [-0.3, -0.25) is 0 Å². The maximum Gasteiger partial charge on any atom is 0.163 e. The number of benzene rings is 2. The minimum absolute atomic E-state index is 0.0165. The van der Waals surface area contributed by atoms with Crippen LogP contribution in [-0.4, -0.2) is 6.04 Å². The van der Waals surface area contributed by atoms with Crippen LogP contribution in [0.4, 0.5) is 17.6 Å². The highest BCUT2D eigenvalue weighted by molar-refractivity contribution is 5.21. The lowest BCUT2D eigenvalue weighted by Crippen LogP contribution is -2.28. The predicted octanol–water partition coefficient (Wildman–Crippen LogP) is 3.96. The van der Waals surface area contributed by atoms with E-state index in [4.69, 9.17) is 0 Å². The fourth-order valence-electron chi connectivity index (χ4n) is 2.07. The van der Waals surface area contributed by atoms with Crippen LogP contribution in [0, 0.1) is 23.3 Å². The van der Waals surface area contributed by atoms with Crippen LogP contribution in [0.2, 0.25) is 0 Å². The van der Waals surface area contributed by atoms with E-state index in [1.807, 2.05) is 0 Å². The van der Waals surface area contributed by atoms with E-state index >= 15 is 0 Å². The molecule has 0 spiro atoms. The Labute approximate surface area is 120 Å². The van der Waals surface area contributed by atoms with Crippen LogP contribution in [-0.2, 0) is 13.0 Å². The molecule has 0 saturated carbocycles. The zero-order chi connectivity index (χ0) is 15.4. The molecule has 0 bridgehead atoms. The summed E-state index contributed by atoms with van der Waals surface area (Å²) in [5.74, 6) is -3.04. The van der Waals surface area contributed by atoms with Crippen LogP contribution < -0.4 is 5.32 Å². The first-order valence-electron chi connectivity index (χ1n) is 6.58. The van der Waals surface area contributed by atoms with Gasteiger partial charge in [0.1, 0.15) is 11.6 Å². The average molecular weight is 297 g/mol. The lowest BCUT2D eigenvalue weighted by molar-refractivity contribution is 0.472. The Morgan fingerprint density at radius 1 is 0.905 bits per heavy atom. The largest absolute Gasteiger partial charge is 0.310 e. The molecule has 2 aromatic rings. The molecular weight excluding hydrogens is 282 g/mol. The molecule has 112 valence electrons. The summed E-state index contributed by atoms with van der Waals surface area (Å²) in [6.45, 7) is 1.81. The highest BCUT2D eigenvalue weighted by Gasteiger charge is 2.13. The maximum absolute atomic E-state index is 13.5. The molecule has 2 aromatic carbocycles. The van der Waals surface area contributed by atoms with Crippen molar-refractivity contribution in [2.24, 2.45) is 0 Å². The molecule has 0 heterocycles. The molecule has 0 amide bonds. The van der Waals surface area contributed by atoms with Gasteiger partial charge in [0.25, 0.3) is 0 Å². The Hall–Kier alpha value is -1.88. The van der Waals surface area contributed by atoms with E-state index < -0.39 is 23.3 Å². The molecule has 1 unspecified atom stereocenters. The number of hydrogen-bond donors (Lipinski definition) is 1. The van der Waals surface area contributed by atoms with Crippen molar-refractivity contribution < 1.29 is 17.6 Å². The molecule has 0 aliphatic rings. The van der Waals surface area contributed by atoms with Gasteiger partial charge in [0.15, 0.2) is 11.6 Å². The third-order valence-electron chi connectivity index (χ3n) is 3.24. The molecular formula is C16H15F4N. The van der Waals surface area contributed by atoms with Gasteiger partial charge in [-0.2, -0.15) is 0 Å². The molecule has 0 aliphatic heterocycles. The van der Waals surface area contributed by atoms with E-state index in [2.05, 4.69) is 5.32 Å². The van der Waals surface area contributed by atoms with Gasteiger partial charge < -0.3 is 5.32 Å². The van der Waals surface area contributed by atoms with Gasteiger partial charge in [-0.25, -0.2) is 17.6 Å².